The first kappa shape index (κ1) is 18.6. The second-order valence-electron chi connectivity index (χ2n) is 6.32. The molecule has 1 unspecified atom stereocenters. The van der Waals surface area contributed by atoms with Crippen molar-refractivity contribution in [3.05, 3.63) is 46.7 Å². The highest BCUT2D eigenvalue weighted by Crippen LogP contribution is 2.21. The Bertz CT molecular complexity index is 932. The van der Waals surface area contributed by atoms with Crippen molar-refractivity contribution in [3.8, 4) is 0 Å². The fourth-order valence-corrected chi connectivity index (χ4v) is 4.70. The molecular formula is C17H19ClN4O3S. The molecule has 0 aliphatic carbocycles. The number of sulfone groups is 1. The van der Waals surface area contributed by atoms with E-state index in [2.05, 4.69) is 15.3 Å². The highest BCUT2D eigenvalue weighted by atomic mass is 35.5. The lowest BCUT2D eigenvalue weighted by molar-refractivity contribution is 0.102. The molecule has 9 heteroatoms. The molecule has 1 atom stereocenters. The molecule has 1 N–H and O–H groups in total. The normalized spacial score (nSPS) is 18.5. The second kappa shape index (κ2) is 7.20. The van der Waals surface area contributed by atoms with E-state index in [1.54, 1.807) is 49.2 Å². The standard InChI is InChI=1S/C17H19ClN4O3S/c1-11-9-15(16(23)20-13-5-3-12(18)4-6-13)21-17(19-11)22(2)14-7-8-26(24,25)10-14/h3-6,9,14H,7-8,10H2,1-2H3,(H,20,23). The Kier molecular flexibility index (Phi) is 5.15. The van der Waals surface area contributed by atoms with Crippen LogP contribution >= 0.6 is 11.6 Å². The zero-order valence-corrected chi connectivity index (χ0v) is 16.0. The molecule has 138 valence electrons. The Morgan fingerprint density at radius 1 is 1.27 bits per heavy atom. The van der Waals surface area contributed by atoms with Gasteiger partial charge in [-0.3, -0.25) is 4.79 Å². The third kappa shape index (κ3) is 4.31. The quantitative estimate of drug-likeness (QED) is 0.855. The summed E-state index contributed by atoms with van der Waals surface area (Å²) in [6.07, 6.45) is 0.530. The Hall–Kier alpha value is -2.19. The Morgan fingerprint density at radius 2 is 1.96 bits per heavy atom. The van der Waals surface area contributed by atoms with E-state index in [-0.39, 0.29) is 29.1 Å². The number of aryl methyl sites for hydroxylation is 1. The molecule has 0 spiro atoms. The topological polar surface area (TPSA) is 92.3 Å². The van der Waals surface area contributed by atoms with E-state index in [1.807, 2.05) is 0 Å². The molecule has 0 saturated carbocycles. The van der Waals surface area contributed by atoms with E-state index in [1.165, 1.54) is 0 Å². The number of anilines is 2. The van der Waals surface area contributed by atoms with E-state index in [0.717, 1.165) is 0 Å². The lowest BCUT2D eigenvalue weighted by atomic mass is 10.2. The maximum Gasteiger partial charge on any atom is 0.274 e. The third-order valence-corrected chi connectivity index (χ3v) is 6.25. The minimum absolute atomic E-state index is 0.0765. The van der Waals surface area contributed by atoms with E-state index < -0.39 is 9.84 Å². The summed E-state index contributed by atoms with van der Waals surface area (Å²) >= 11 is 5.84. The smallest absolute Gasteiger partial charge is 0.274 e. The number of halogens is 1. The van der Waals surface area contributed by atoms with Crippen molar-refractivity contribution < 1.29 is 13.2 Å². The van der Waals surface area contributed by atoms with Crippen molar-refractivity contribution in [3.63, 3.8) is 0 Å². The van der Waals surface area contributed by atoms with Crippen LogP contribution in [-0.4, -0.2) is 48.9 Å². The molecule has 1 saturated heterocycles. The van der Waals surface area contributed by atoms with Crippen molar-refractivity contribution in [2.75, 3.05) is 28.8 Å². The number of carbonyl (C=O) groups excluding carboxylic acids is 1. The summed E-state index contributed by atoms with van der Waals surface area (Å²) in [5.41, 5.74) is 1.45. The SMILES string of the molecule is Cc1cc(C(=O)Nc2ccc(Cl)cc2)nc(N(C)C2CCS(=O)(=O)C2)n1. The third-order valence-electron chi connectivity index (χ3n) is 4.25. The molecule has 1 aromatic heterocycles. The molecule has 26 heavy (non-hydrogen) atoms. The number of aromatic nitrogens is 2. The first-order valence-electron chi connectivity index (χ1n) is 8.09. The van der Waals surface area contributed by atoms with Gasteiger partial charge in [0.05, 0.1) is 11.5 Å². The zero-order valence-electron chi connectivity index (χ0n) is 14.4. The molecule has 1 aliphatic rings. The largest absolute Gasteiger partial charge is 0.340 e. The molecule has 0 radical (unpaired) electrons. The van der Waals surface area contributed by atoms with Gasteiger partial charge in [-0.25, -0.2) is 18.4 Å². The summed E-state index contributed by atoms with van der Waals surface area (Å²) in [4.78, 5) is 22.9. The summed E-state index contributed by atoms with van der Waals surface area (Å²) in [5.74, 6) is 0.213. The first-order valence-corrected chi connectivity index (χ1v) is 10.3. The Morgan fingerprint density at radius 3 is 2.58 bits per heavy atom. The Balaban J connectivity index is 1.80. The zero-order chi connectivity index (χ0) is 18.9. The summed E-state index contributed by atoms with van der Waals surface area (Å²) < 4.78 is 23.4. The molecule has 2 aromatic rings. The van der Waals surface area contributed by atoms with Crippen LogP contribution in [0.1, 0.15) is 22.6 Å². The van der Waals surface area contributed by atoms with Gasteiger partial charge in [-0.15, -0.1) is 0 Å². The van der Waals surface area contributed by atoms with E-state index in [9.17, 15) is 13.2 Å². The van der Waals surface area contributed by atoms with Gasteiger partial charge < -0.3 is 10.2 Å². The van der Waals surface area contributed by atoms with Gasteiger partial charge in [0.2, 0.25) is 5.95 Å². The van der Waals surface area contributed by atoms with Crippen LogP contribution in [0.5, 0.6) is 0 Å². The number of hydrogen-bond donors (Lipinski definition) is 1. The summed E-state index contributed by atoms with van der Waals surface area (Å²) in [6.45, 7) is 1.77. The van der Waals surface area contributed by atoms with Crippen LogP contribution in [-0.2, 0) is 9.84 Å². The molecule has 0 bridgehead atoms. The summed E-state index contributed by atoms with van der Waals surface area (Å²) in [7, 11) is -1.27. The van der Waals surface area contributed by atoms with Crippen LogP contribution in [0.2, 0.25) is 5.02 Å². The fraction of sp³-hybridized carbons (Fsp3) is 0.353. The fourth-order valence-electron chi connectivity index (χ4n) is 2.80. The Labute approximate surface area is 157 Å². The predicted octanol–water partition coefficient (Wildman–Crippen LogP) is 2.31. The van der Waals surface area contributed by atoms with Crippen LogP contribution in [0.4, 0.5) is 11.6 Å². The van der Waals surface area contributed by atoms with Gasteiger partial charge in [0.15, 0.2) is 9.84 Å². The highest BCUT2D eigenvalue weighted by molar-refractivity contribution is 7.91. The molecule has 1 amide bonds. The summed E-state index contributed by atoms with van der Waals surface area (Å²) in [5, 5.41) is 3.34. The van der Waals surface area contributed by atoms with Crippen LogP contribution in [0.15, 0.2) is 30.3 Å². The number of carbonyl (C=O) groups is 1. The van der Waals surface area contributed by atoms with Crippen molar-refractivity contribution >= 4 is 39.0 Å². The first-order chi connectivity index (χ1) is 12.2. The number of amides is 1. The van der Waals surface area contributed by atoms with Crippen LogP contribution < -0.4 is 10.2 Å². The molecular weight excluding hydrogens is 376 g/mol. The van der Waals surface area contributed by atoms with E-state index >= 15 is 0 Å². The van der Waals surface area contributed by atoms with Gasteiger partial charge >= 0.3 is 0 Å². The minimum Gasteiger partial charge on any atom is -0.340 e. The minimum atomic E-state index is -3.02. The second-order valence-corrected chi connectivity index (χ2v) is 8.99. The monoisotopic (exact) mass is 394 g/mol. The molecule has 1 aliphatic heterocycles. The number of rotatable bonds is 4. The van der Waals surface area contributed by atoms with Crippen molar-refractivity contribution in [2.24, 2.45) is 0 Å². The number of benzene rings is 1. The van der Waals surface area contributed by atoms with E-state index in [4.69, 9.17) is 11.6 Å². The van der Waals surface area contributed by atoms with Gasteiger partial charge in [0.25, 0.3) is 5.91 Å². The van der Waals surface area contributed by atoms with Gasteiger partial charge in [0.1, 0.15) is 5.69 Å². The predicted molar refractivity (Wildman–Crippen MR) is 102 cm³/mol. The molecule has 3 rings (SSSR count). The number of hydrogen-bond acceptors (Lipinski definition) is 6. The molecule has 7 nitrogen and oxygen atoms in total. The van der Waals surface area contributed by atoms with Crippen LogP contribution in [0, 0.1) is 6.92 Å². The van der Waals surface area contributed by atoms with Crippen LogP contribution in [0.3, 0.4) is 0 Å². The highest BCUT2D eigenvalue weighted by Gasteiger charge is 2.32. The number of nitrogens with one attached hydrogen (secondary N) is 1. The van der Waals surface area contributed by atoms with Crippen LogP contribution in [0.25, 0.3) is 0 Å². The molecule has 1 aromatic carbocycles. The average Bonchev–Trinajstić information content (AvgIpc) is 2.95. The van der Waals surface area contributed by atoms with Crippen molar-refractivity contribution in [1.29, 1.82) is 0 Å². The van der Waals surface area contributed by atoms with Gasteiger partial charge in [0, 0.05) is 29.5 Å². The average molecular weight is 395 g/mol. The lowest BCUT2D eigenvalue weighted by Gasteiger charge is -2.23. The van der Waals surface area contributed by atoms with Crippen molar-refractivity contribution in [2.45, 2.75) is 19.4 Å². The van der Waals surface area contributed by atoms with Gasteiger partial charge in [-0.05, 0) is 43.7 Å². The molecule has 1 fully saturated rings. The van der Waals surface area contributed by atoms with Gasteiger partial charge in [-0.1, -0.05) is 11.6 Å². The van der Waals surface area contributed by atoms with Crippen molar-refractivity contribution in [1.82, 2.24) is 9.97 Å². The lowest BCUT2D eigenvalue weighted by Crippen LogP contribution is -2.34. The number of nitrogens with zero attached hydrogens (tertiary/aromatic N) is 3. The van der Waals surface area contributed by atoms with E-state index in [0.29, 0.717) is 28.8 Å². The van der Waals surface area contributed by atoms with Gasteiger partial charge in [-0.2, -0.15) is 0 Å². The maximum atomic E-state index is 12.5. The molecule has 2 heterocycles. The summed E-state index contributed by atoms with van der Waals surface area (Å²) in [6, 6.07) is 8.17. The maximum absolute atomic E-state index is 12.5.